The van der Waals surface area contributed by atoms with Crippen LogP contribution in [0.15, 0.2) is 12.2 Å². The van der Waals surface area contributed by atoms with E-state index in [9.17, 15) is 4.79 Å². The number of ether oxygens (including phenoxy) is 1. The van der Waals surface area contributed by atoms with E-state index in [0.29, 0.717) is 11.2 Å². The van der Waals surface area contributed by atoms with Crippen molar-refractivity contribution in [3.8, 4) is 0 Å². The lowest BCUT2D eigenvalue weighted by atomic mass is 10.1. The van der Waals surface area contributed by atoms with Gasteiger partial charge in [0.1, 0.15) is 0 Å². The summed E-state index contributed by atoms with van der Waals surface area (Å²) in [6.45, 7) is 2.26. The first-order valence-electron chi connectivity index (χ1n) is 9.06. The van der Waals surface area contributed by atoms with Crippen LogP contribution >= 0.6 is 15.9 Å². The number of hydrogen-bond donors (Lipinski definition) is 0. The molecule has 0 aromatic heterocycles. The van der Waals surface area contributed by atoms with Crippen molar-refractivity contribution in [3.05, 3.63) is 12.2 Å². The van der Waals surface area contributed by atoms with Crippen LogP contribution in [0.3, 0.4) is 0 Å². The molecule has 0 saturated carbocycles. The maximum Gasteiger partial charge on any atom is 0.305 e. The number of methoxy groups -OCH3 is 1. The molecule has 0 aliphatic heterocycles. The van der Waals surface area contributed by atoms with Crippen molar-refractivity contribution in [2.75, 3.05) is 7.11 Å². The summed E-state index contributed by atoms with van der Waals surface area (Å²) < 4.78 is 4.63. The van der Waals surface area contributed by atoms with Crippen LogP contribution in [0.2, 0.25) is 0 Å². The summed E-state index contributed by atoms with van der Waals surface area (Å²) >= 11 is 3.77. The maximum atomic E-state index is 10.9. The molecule has 0 aliphatic rings. The number of carbonyl (C=O) groups is 1. The summed E-state index contributed by atoms with van der Waals surface area (Å²) in [6.07, 6.45) is 20.1. The molecule has 0 spiro atoms. The second kappa shape index (κ2) is 17.1. The fourth-order valence-corrected chi connectivity index (χ4v) is 2.98. The van der Waals surface area contributed by atoms with Crippen molar-refractivity contribution >= 4 is 21.9 Å². The summed E-state index contributed by atoms with van der Waals surface area (Å²) in [6, 6.07) is 0. The Kier molecular flexibility index (Phi) is 16.8. The topological polar surface area (TPSA) is 26.3 Å². The van der Waals surface area contributed by atoms with Crippen molar-refractivity contribution < 1.29 is 9.53 Å². The Labute approximate surface area is 146 Å². The van der Waals surface area contributed by atoms with Gasteiger partial charge in [0.2, 0.25) is 0 Å². The van der Waals surface area contributed by atoms with E-state index in [0.717, 1.165) is 19.3 Å². The van der Waals surface area contributed by atoms with Crippen LogP contribution in [0, 0.1) is 0 Å². The molecule has 0 bridgehead atoms. The normalized spacial score (nSPS) is 12.7. The van der Waals surface area contributed by atoms with E-state index >= 15 is 0 Å². The Morgan fingerprint density at radius 3 is 2.41 bits per heavy atom. The quantitative estimate of drug-likeness (QED) is 0.140. The van der Waals surface area contributed by atoms with Gasteiger partial charge in [0.05, 0.1) is 7.11 Å². The Hall–Kier alpha value is -0.310. The van der Waals surface area contributed by atoms with Crippen molar-refractivity contribution in [2.24, 2.45) is 0 Å². The number of carbonyl (C=O) groups excluding carboxylic acids is 1. The highest BCUT2D eigenvalue weighted by atomic mass is 79.9. The van der Waals surface area contributed by atoms with Crippen LogP contribution in [0.25, 0.3) is 0 Å². The lowest BCUT2D eigenvalue weighted by Crippen LogP contribution is -1.99. The van der Waals surface area contributed by atoms with E-state index in [1.165, 1.54) is 64.9 Å². The molecule has 0 fully saturated rings. The zero-order chi connectivity index (χ0) is 16.5. The lowest BCUT2D eigenvalue weighted by Gasteiger charge is -2.06. The zero-order valence-corrected chi connectivity index (χ0v) is 16.2. The summed E-state index contributed by atoms with van der Waals surface area (Å²) in [5, 5.41) is 0. The first kappa shape index (κ1) is 21.7. The zero-order valence-electron chi connectivity index (χ0n) is 14.6. The number of unbranched alkanes of at least 4 members (excludes halogenated alkanes) is 8. The van der Waals surface area contributed by atoms with Gasteiger partial charge in [-0.3, -0.25) is 4.79 Å². The summed E-state index contributed by atoms with van der Waals surface area (Å²) in [5.41, 5.74) is 0. The van der Waals surface area contributed by atoms with Gasteiger partial charge in [-0.1, -0.05) is 80.0 Å². The Morgan fingerprint density at radius 1 is 1.00 bits per heavy atom. The second-order valence-electron chi connectivity index (χ2n) is 6.04. The molecule has 0 heterocycles. The fraction of sp³-hybridized carbons (Fsp3) is 0.842. The Balaban J connectivity index is 3.28. The van der Waals surface area contributed by atoms with Crippen molar-refractivity contribution in [1.82, 2.24) is 0 Å². The number of hydrogen-bond acceptors (Lipinski definition) is 2. The van der Waals surface area contributed by atoms with Crippen LogP contribution < -0.4 is 0 Å². The van der Waals surface area contributed by atoms with Gasteiger partial charge in [0.15, 0.2) is 0 Å². The van der Waals surface area contributed by atoms with Crippen LogP contribution in [0.5, 0.6) is 0 Å². The Morgan fingerprint density at radius 2 is 1.68 bits per heavy atom. The first-order chi connectivity index (χ1) is 10.7. The number of halogens is 1. The van der Waals surface area contributed by atoms with E-state index in [1.54, 1.807) is 0 Å². The van der Waals surface area contributed by atoms with Crippen LogP contribution in [0.4, 0.5) is 0 Å². The lowest BCUT2D eigenvalue weighted by molar-refractivity contribution is -0.140. The third-order valence-electron chi connectivity index (χ3n) is 3.91. The molecule has 0 aromatic rings. The minimum Gasteiger partial charge on any atom is -0.469 e. The van der Waals surface area contributed by atoms with Gasteiger partial charge >= 0.3 is 5.97 Å². The average molecular weight is 375 g/mol. The van der Waals surface area contributed by atoms with Crippen LogP contribution in [-0.4, -0.2) is 17.9 Å². The van der Waals surface area contributed by atoms with E-state index in [2.05, 4.69) is 39.7 Å². The largest absolute Gasteiger partial charge is 0.469 e. The highest BCUT2D eigenvalue weighted by Gasteiger charge is 2.01. The minimum atomic E-state index is -0.0815. The van der Waals surface area contributed by atoms with Crippen LogP contribution in [-0.2, 0) is 9.53 Å². The monoisotopic (exact) mass is 374 g/mol. The van der Waals surface area contributed by atoms with E-state index in [4.69, 9.17) is 0 Å². The van der Waals surface area contributed by atoms with Gasteiger partial charge in [0, 0.05) is 11.2 Å². The number of esters is 1. The fourth-order valence-electron chi connectivity index (χ4n) is 2.44. The molecular formula is C19H35BrO2. The molecular weight excluding hydrogens is 340 g/mol. The van der Waals surface area contributed by atoms with Gasteiger partial charge in [-0.05, 0) is 32.1 Å². The molecule has 0 saturated heterocycles. The number of allylic oxidation sites excluding steroid dienone is 2. The molecule has 22 heavy (non-hydrogen) atoms. The van der Waals surface area contributed by atoms with Gasteiger partial charge in [-0.2, -0.15) is 0 Å². The molecule has 0 rings (SSSR count). The van der Waals surface area contributed by atoms with E-state index < -0.39 is 0 Å². The second-order valence-corrected chi connectivity index (χ2v) is 7.33. The highest BCUT2D eigenvalue weighted by Crippen LogP contribution is 2.16. The third kappa shape index (κ3) is 16.1. The molecule has 0 aliphatic carbocycles. The molecule has 130 valence electrons. The van der Waals surface area contributed by atoms with E-state index in [-0.39, 0.29) is 5.97 Å². The molecule has 0 N–H and O–H groups in total. The SMILES string of the molecule is CCCCCCC(Br)CC=CCCCCCCCC(=O)OC. The standard InChI is InChI=1S/C19H35BrO2/c1-3-4-5-12-15-18(20)16-13-10-8-6-7-9-11-14-17-19(21)22-2/h10,13,18H,3-9,11-12,14-17H2,1-2H3. The number of alkyl halides is 1. The van der Waals surface area contributed by atoms with Gasteiger partial charge < -0.3 is 4.74 Å². The summed E-state index contributed by atoms with van der Waals surface area (Å²) in [4.78, 5) is 11.6. The molecule has 1 unspecified atom stereocenters. The van der Waals surface area contributed by atoms with Crippen LogP contribution in [0.1, 0.15) is 90.4 Å². The molecule has 1 atom stereocenters. The maximum absolute atomic E-state index is 10.9. The van der Waals surface area contributed by atoms with Gasteiger partial charge in [-0.25, -0.2) is 0 Å². The van der Waals surface area contributed by atoms with Crippen molar-refractivity contribution in [2.45, 2.75) is 95.2 Å². The number of rotatable bonds is 15. The minimum absolute atomic E-state index is 0.0815. The predicted molar refractivity (Wildman–Crippen MR) is 99.6 cm³/mol. The third-order valence-corrected chi connectivity index (χ3v) is 4.74. The van der Waals surface area contributed by atoms with Crippen molar-refractivity contribution in [1.29, 1.82) is 0 Å². The van der Waals surface area contributed by atoms with Gasteiger partial charge in [-0.15, -0.1) is 0 Å². The highest BCUT2D eigenvalue weighted by molar-refractivity contribution is 9.09. The molecule has 0 aromatic carbocycles. The van der Waals surface area contributed by atoms with Crippen molar-refractivity contribution in [3.63, 3.8) is 0 Å². The Bertz CT molecular complexity index is 277. The average Bonchev–Trinajstić information content (AvgIpc) is 2.53. The summed E-state index contributed by atoms with van der Waals surface area (Å²) in [7, 11) is 1.46. The first-order valence-corrected chi connectivity index (χ1v) is 9.98. The molecule has 2 nitrogen and oxygen atoms in total. The van der Waals surface area contributed by atoms with E-state index in [1.807, 2.05) is 0 Å². The molecule has 3 heteroatoms. The smallest absolute Gasteiger partial charge is 0.305 e. The molecule has 0 radical (unpaired) electrons. The van der Waals surface area contributed by atoms with Gasteiger partial charge in [0.25, 0.3) is 0 Å². The summed E-state index contributed by atoms with van der Waals surface area (Å²) in [5.74, 6) is -0.0815. The molecule has 0 amide bonds. The predicted octanol–water partition coefficient (Wildman–Crippen LogP) is 6.57.